The van der Waals surface area contributed by atoms with Crippen molar-refractivity contribution in [3.63, 3.8) is 0 Å². The normalized spacial score (nSPS) is 12.2. The number of hydrogen-bond donors (Lipinski definition) is 0. The molecule has 0 amide bonds. The molecule has 2 aromatic carbocycles. The topological polar surface area (TPSA) is 70.5 Å². The Morgan fingerprint density at radius 3 is 2.00 bits per heavy atom. The third-order valence-electron chi connectivity index (χ3n) is 7.04. The highest BCUT2D eigenvalue weighted by molar-refractivity contribution is 5.91. The first-order valence-corrected chi connectivity index (χ1v) is 15.3. The lowest BCUT2D eigenvalue weighted by molar-refractivity contribution is -0.225. The molecular weight excluding hydrogens is 557 g/mol. The predicted octanol–water partition coefficient (Wildman–Crippen LogP) is 9.52. The van der Waals surface area contributed by atoms with Crippen LogP contribution in [0.5, 0.6) is 11.5 Å². The van der Waals surface area contributed by atoms with Gasteiger partial charge >= 0.3 is 12.1 Å². The van der Waals surface area contributed by atoms with Crippen molar-refractivity contribution in [3.05, 3.63) is 72.1 Å². The molecule has 1 heterocycles. The Kier molecular flexibility index (Phi) is 14.5. The molecule has 0 saturated heterocycles. The molecule has 0 aliphatic heterocycles. The highest BCUT2D eigenvalue weighted by Crippen LogP contribution is 2.28. The van der Waals surface area contributed by atoms with Crippen LogP contribution in [-0.2, 0) is 11.3 Å². The third-order valence-corrected chi connectivity index (χ3v) is 7.04. The molecule has 0 fully saturated rings. The van der Waals surface area contributed by atoms with E-state index in [9.17, 15) is 18.0 Å². The molecule has 9 heteroatoms. The van der Waals surface area contributed by atoms with E-state index in [1.165, 1.54) is 37.8 Å². The summed E-state index contributed by atoms with van der Waals surface area (Å²) in [5, 5.41) is 0. The van der Waals surface area contributed by atoms with E-state index in [2.05, 4.69) is 16.9 Å². The summed E-state index contributed by atoms with van der Waals surface area (Å²) in [4.78, 5) is 21.4. The maximum Gasteiger partial charge on any atom is 0.414 e. The maximum absolute atomic E-state index is 13.3. The van der Waals surface area contributed by atoms with Crippen molar-refractivity contribution in [1.82, 2.24) is 9.97 Å². The SMILES string of the molecule is CCCCCCCCOc1cnc(-c2ccc(OC(=O)c3ccc(COC(CCCCCC)C(F)(F)F)cc3)cc2)nc1. The summed E-state index contributed by atoms with van der Waals surface area (Å²) in [6, 6.07) is 13.0. The number of benzene rings is 2. The molecule has 6 nitrogen and oxygen atoms in total. The molecule has 1 aromatic heterocycles. The van der Waals surface area contributed by atoms with Gasteiger partial charge < -0.3 is 14.2 Å². The Labute approximate surface area is 253 Å². The number of carbonyl (C=O) groups excluding carboxylic acids is 1. The number of aromatic nitrogens is 2. The summed E-state index contributed by atoms with van der Waals surface area (Å²) in [7, 11) is 0. The van der Waals surface area contributed by atoms with E-state index in [-0.39, 0.29) is 18.6 Å². The molecule has 43 heavy (non-hydrogen) atoms. The van der Waals surface area contributed by atoms with Crippen molar-refractivity contribution in [2.45, 2.75) is 103 Å². The van der Waals surface area contributed by atoms with Crippen LogP contribution in [0.4, 0.5) is 13.2 Å². The fourth-order valence-electron chi connectivity index (χ4n) is 4.48. The minimum absolute atomic E-state index is 0.0577. The Balaban J connectivity index is 1.45. The van der Waals surface area contributed by atoms with Gasteiger partial charge in [0.1, 0.15) is 5.75 Å². The summed E-state index contributed by atoms with van der Waals surface area (Å²) < 4.78 is 56.4. The maximum atomic E-state index is 13.3. The number of halogens is 3. The van der Waals surface area contributed by atoms with Gasteiger partial charge in [-0.15, -0.1) is 0 Å². The van der Waals surface area contributed by atoms with Crippen LogP contribution in [0.15, 0.2) is 60.9 Å². The quantitative estimate of drug-likeness (QED) is 0.0775. The first-order chi connectivity index (χ1) is 20.8. The molecule has 234 valence electrons. The molecule has 0 N–H and O–H groups in total. The van der Waals surface area contributed by atoms with Gasteiger partial charge in [-0.25, -0.2) is 14.8 Å². The van der Waals surface area contributed by atoms with Gasteiger partial charge in [0, 0.05) is 5.56 Å². The fraction of sp³-hybridized carbons (Fsp3) is 0.500. The van der Waals surface area contributed by atoms with Crippen LogP contribution < -0.4 is 9.47 Å². The Morgan fingerprint density at radius 2 is 1.37 bits per heavy atom. The van der Waals surface area contributed by atoms with Crippen LogP contribution in [0.3, 0.4) is 0 Å². The first-order valence-electron chi connectivity index (χ1n) is 15.3. The van der Waals surface area contributed by atoms with Crippen molar-refractivity contribution in [1.29, 1.82) is 0 Å². The van der Waals surface area contributed by atoms with Gasteiger partial charge in [-0.05, 0) is 54.8 Å². The minimum atomic E-state index is -4.41. The number of alkyl halides is 3. The zero-order valence-electron chi connectivity index (χ0n) is 25.2. The van der Waals surface area contributed by atoms with Crippen LogP contribution in [0.2, 0.25) is 0 Å². The van der Waals surface area contributed by atoms with E-state index in [0.717, 1.165) is 37.7 Å². The van der Waals surface area contributed by atoms with E-state index in [1.807, 2.05) is 6.92 Å². The van der Waals surface area contributed by atoms with Gasteiger partial charge in [-0.1, -0.05) is 83.8 Å². The van der Waals surface area contributed by atoms with Crippen LogP contribution in [0.25, 0.3) is 11.4 Å². The van der Waals surface area contributed by atoms with Crippen molar-refractivity contribution in [2.24, 2.45) is 0 Å². The number of ether oxygens (including phenoxy) is 3. The second-order valence-corrected chi connectivity index (χ2v) is 10.7. The number of nitrogens with zero attached hydrogens (tertiary/aromatic N) is 2. The number of hydrogen-bond acceptors (Lipinski definition) is 6. The lowest BCUT2D eigenvalue weighted by atomic mass is 10.1. The van der Waals surface area contributed by atoms with Crippen LogP contribution in [-0.4, -0.2) is 34.8 Å². The van der Waals surface area contributed by atoms with Gasteiger partial charge in [0.15, 0.2) is 17.7 Å². The first kappa shape index (κ1) is 34.0. The number of carbonyl (C=O) groups is 1. The van der Waals surface area contributed by atoms with Crippen molar-refractivity contribution >= 4 is 5.97 Å². The van der Waals surface area contributed by atoms with Gasteiger partial charge in [0.2, 0.25) is 0 Å². The Bertz CT molecular complexity index is 1200. The largest absolute Gasteiger partial charge is 0.490 e. The van der Waals surface area contributed by atoms with Crippen molar-refractivity contribution in [3.8, 4) is 22.9 Å². The zero-order valence-corrected chi connectivity index (χ0v) is 25.2. The molecule has 1 unspecified atom stereocenters. The highest BCUT2D eigenvalue weighted by atomic mass is 19.4. The minimum Gasteiger partial charge on any atom is -0.490 e. The molecule has 1 atom stereocenters. The second-order valence-electron chi connectivity index (χ2n) is 10.7. The number of esters is 1. The molecule has 0 bridgehead atoms. The molecule has 3 rings (SSSR count). The predicted molar refractivity (Wildman–Crippen MR) is 161 cm³/mol. The van der Waals surface area contributed by atoms with E-state index in [0.29, 0.717) is 35.9 Å². The zero-order chi connectivity index (χ0) is 30.9. The molecule has 0 radical (unpaired) electrons. The molecule has 0 saturated carbocycles. The third kappa shape index (κ3) is 12.4. The summed E-state index contributed by atoms with van der Waals surface area (Å²) in [5.74, 6) is 0.919. The molecule has 0 aliphatic carbocycles. The molecular formula is C34H43F3N2O4. The van der Waals surface area contributed by atoms with Crippen molar-refractivity contribution in [2.75, 3.05) is 6.61 Å². The van der Waals surface area contributed by atoms with Gasteiger partial charge in [-0.2, -0.15) is 13.2 Å². The van der Waals surface area contributed by atoms with Crippen molar-refractivity contribution < 1.29 is 32.2 Å². The van der Waals surface area contributed by atoms with E-state index < -0.39 is 18.2 Å². The van der Waals surface area contributed by atoms with E-state index in [1.54, 1.807) is 48.8 Å². The molecule has 3 aromatic rings. The monoisotopic (exact) mass is 600 g/mol. The lowest BCUT2D eigenvalue weighted by Crippen LogP contribution is -2.31. The standard InChI is InChI=1S/C34H43F3N2O4/c1-3-5-7-9-10-12-22-41-30-23-38-32(39-24-30)27-18-20-29(21-19-27)43-33(40)28-16-14-26(15-17-28)25-42-31(34(35,36)37)13-11-8-6-4-2/h14-21,23-24,31H,3-13,22,25H2,1-2H3. The summed E-state index contributed by atoms with van der Waals surface area (Å²) in [6.07, 6.45) is 7.29. The van der Waals surface area contributed by atoms with E-state index >= 15 is 0 Å². The average molecular weight is 601 g/mol. The smallest absolute Gasteiger partial charge is 0.414 e. The second kappa shape index (κ2) is 18.3. The Hall–Kier alpha value is -3.46. The number of unbranched alkanes of at least 4 members (excludes halogenated alkanes) is 8. The van der Waals surface area contributed by atoms with Crippen LogP contribution in [0, 0.1) is 0 Å². The molecule has 0 spiro atoms. The number of rotatable bonds is 19. The van der Waals surface area contributed by atoms with Crippen LogP contribution >= 0.6 is 0 Å². The molecule has 0 aliphatic rings. The highest BCUT2D eigenvalue weighted by Gasteiger charge is 2.40. The summed E-state index contributed by atoms with van der Waals surface area (Å²) >= 11 is 0. The van der Waals surface area contributed by atoms with Gasteiger partial charge in [0.05, 0.1) is 31.2 Å². The summed E-state index contributed by atoms with van der Waals surface area (Å²) in [6.45, 7) is 4.67. The van der Waals surface area contributed by atoms with E-state index in [4.69, 9.17) is 14.2 Å². The van der Waals surface area contributed by atoms with Gasteiger partial charge in [0.25, 0.3) is 0 Å². The average Bonchev–Trinajstić information content (AvgIpc) is 3.00. The van der Waals surface area contributed by atoms with Crippen LogP contribution in [0.1, 0.15) is 100 Å². The van der Waals surface area contributed by atoms with Gasteiger partial charge in [-0.3, -0.25) is 0 Å². The Morgan fingerprint density at radius 1 is 0.767 bits per heavy atom. The lowest BCUT2D eigenvalue weighted by Gasteiger charge is -2.21. The summed E-state index contributed by atoms with van der Waals surface area (Å²) in [5.41, 5.74) is 1.58. The fourth-order valence-corrected chi connectivity index (χ4v) is 4.48.